The Morgan fingerprint density at radius 3 is 2.03 bits per heavy atom. The van der Waals surface area contributed by atoms with Crippen LogP contribution in [0, 0.1) is 0 Å². The third kappa shape index (κ3) is 4.87. The van der Waals surface area contributed by atoms with Gasteiger partial charge in [-0.2, -0.15) is 18.2 Å². The van der Waals surface area contributed by atoms with E-state index in [9.17, 15) is 13.2 Å². The molecule has 10 heteroatoms. The lowest BCUT2D eigenvalue weighted by Crippen LogP contribution is -2.04. The van der Waals surface area contributed by atoms with E-state index in [0.29, 0.717) is 50.1 Å². The Bertz CT molecular complexity index is 1570. The Balaban J connectivity index is 1.44. The van der Waals surface area contributed by atoms with Gasteiger partial charge in [-0.25, -0.2) is 9.97 Å². The van der Waals surface area contributed by atoms with E-state index in [2.05, 4.69) is 20.3 Å². The van der Waals surface area contributed by atoms with E-state index in [-0.39, 0.29) is 5.95 Å². The summed E-state index contributed by atoms with van der Waals surface area (Å²) in [7, 11) is 0. The summed E-state index contributed by atoms with van der Waals surface area (Å²) >= 11 is 5.97. The number of nitrogens with two attached hydrogens (primary N) is 2. The number of hydrogen-bond acceptors (Lipinski definition) is 6. The molecule has 0 radical (unpaired) electrons. The molecule has 0 aliphatic heterocycles. The van der Waals surface area contributed by atoms with Gasteiger partial charge in [-0.3, -0.25) is 0 Å². The number of alkyl halides is 3. The van der Waals surface area contributed by atoms with E-state index in [0.717, 1.165) is 17.7 Å². The van der Waals surface area contributed by atoms with Crippen LogP contribution >= 0.6 is 11.6 Å². The van der Waals surface area contributed by atoms with Crippen molar-refractivity contribution in [2.75, 3.05) is 16.8 Å². The van der Waals surface area contributed by atoms with Crippen molar-refractivity contribution in [2.45, 2.75) is 6.18 Å². The maximum absolute atomic E-state index is 12.9. The molecule has 180 valence electrons. The largest absolute Gasteiger partial charge is 0.416 e. The Hall–Kier alpha value is -4.37. The van der Waals surface area contributed by atoms with E-state index in [1.165, 1.54) is 12.1 Å². The molecular weight excluding hydrogens is 489 g/mol. The van der Waals surface area contributed by atoms with Crippen molar-refractivity contribution < 1.29 is 13.2 Å². The molecular formula is C26H18ClF3N6. The van der Waals surface area contributed by atoms with Crippen molar-refractivity contribution in [1.29, 1.82) is 0 Å². The first-order valence-electron chi connectivity index (χ1n) is 10.7. The van der Waals surface area contributed by atoms with E-state index >= 15 is 0 Å². The molecule has 0 saturated heterocycles. The highest BCUT2D eigenvalue weighted by atomic mass is 35.5. The minimum Gasteiger partial charge on any atom is -0.398 e. The monoisotopic (exact) mass is 506 g/mol. The van der Waals surface area contributed by atoms with Gasteiger partial charge >= 0.3 is 6.18 Å². The number of aromatic nitrogens is 3. The number of fused-ring (bicyclic) bond motifs is 1. The quantitative estimate of drug-likeness (QED) is 0.244. The number of nitrogen functional groups attached to an aromatic ring is 2. The fourth-order valence-corrected chi connectivity index (χ4v) is 3.88. The summed E-state index contributed by atoms with van der Waals surface area (Å²) in [6.45, 7) is 0. The topological polar surface area (TPSA) is 103 Å². The van der Waals surface area contributed by atoms with Crippen molar-refractivity contribution >= 4 is 45.6 Å². The molecule has 2 aromatic heterocycles. The zero-order valence-electron chi connectivity index (χ0n) is 18.5. The smallest absolute Gasteiger partial charge is 0.398 e. The molecule has 5 N–H and O–H groups in total. The normalized spacial score (nSPS) is 11.6. The lowest BCUT2D eigenvalue weighted by molar-refractivity contribution is -0.137. The maximum atomic E-state index is 12.9. The van der Waals surface area contributed by atoms with E-state index in [1.807, 2.05) is 18.2 Å². The van der Waals surface area contributed by atoms with Crippen LogP contribution in [0.1, 0.15) is 5.56 Å². The number of pyridine rings is 1. The Morgan fingerprint density at radius 1 is 0.722 bits per heavy atom. The van der Waals surface area contributed by atoms with Crippen molar-refractivity contribution in [3.8, 4) is 22.5 Å². The summed E-state index contributed by atoms with van der Waals surface area (Å²) in [6, 6.07) is 20.8. The Kier molecular flexibility index (Phi) is 5.85. The SMILES string of the molecule is Nc1nc(Nc2ccc3nc(-c4ccc(C(F)(F)F)cc4)cc(N)c3c2)cc(-c2ccc(Cl)cc2)n1. The van der Waals surface area contributed by atoms with Crippen LogP contribution in [0.3, 0.4) is 0 Å². The van der Waals surface area contributed by atoms with Crippen LogP contribution in [-0.4, -0.2) is 15.0 Å². The number of hydrogen-bond donors (Lipinski definition) is 3. The lowest BCUT2D eigenvalue weighted by atomic mass is 10.1. The van der Waals surface area contributed by atoms with Gasteiger partial charge in [0, 0.05) is 39.0 Å². The van der Waals surface area contributed by atoms with E-state index in [1.54, 1.807) is 36.4 Å². The van der Waals surface area contributed by atoms with Gasteiger partial charge in [-0.15, -0.1) is 0 Å². The summed E-state index contributed by atoms with van der Waals surface area (Å²) in [5.41, 5.74) is 15.7. The van der Waals surface area contributed by atoms with Gasteiger partial charge in [-0.1, -0.05) is 35.9 Å². The summed E-state index contributed by atoms with van der Waals surface area (Å²) in [5, 5.41) is 4.50. The lowest BCUT2D eigenvalue weighted by Gasteiger charge is -2.12. The van der Waals surface area contributed by atoms with Gasteiger partial charge in [0.25, 0.3) is 0 Å². The van der Waals surface area contributed by atoms with Crippen LogP contribution in [0.4, 0.5) is 36.3 Å². The summed E-state index contributed by atoms with van der Waals surface area (Å²) in [5.74, 6) is 0.591. The number of halogens is 4. The van der Waals surface area contributed by atoms with Crippen molar-refractivity contribution in [1.82, 2.24) is 15.0 Å². The molecule has 0 fully saturated rings. The predicted molar refractivity (Wildman–Crippen MR) is 137 cm³/mol. The third-order valence-electron chi connectivity index (χ3n) is 5.50. The van der Waals surface area contributed by atoms with Gasteiger partial charge in [0.15, 0.2) is 0 Å². The van der Waals surface area contributed by atoms with Crippen LogP contribution in [0.15, 0.2) is 78.9 Å². The number of nitrogens with zero attached hydrogens (tertiary/aromatic N) is 3. The molecule has 5 rings (SSSR count). The van der Waals surface area contributed by atoms with Crippen LogP contribution in [0.2, 0.25) is 5.02 Å². The van der Waals surface area contributed by atoms with Crippen LogP contribution in [-0.2, 0) is 6.18 Å². The molecule has 6 nitrogen and oxygen atoms in total. The van der Waals surface area contributed by atoms with E-state index in [4.69, 9.17) is 23.1 Å². The Morgan fingerprint density at radius 2 is 1.36 bits per heavy atom. The summed E-state index contributed by atoms with van der Waals surface area (Å²) in [4.78, 5) is 13.1. The van der Waals surface area contributed by atoms with Crippen molar-refractivity contribution in [3.05, 3.63) is 89.4 Å². The average Bonchev–Trinajstić information content (AvgIpc) is 2.84. The molecule has 0 atom stereocenters. The van der Waals surface area contributed by atoms with Crippen molar-refractivity contribution in [2.24, 2.45) is 0 Å². The molecule has 0 unspecified atom stereocenters. The fraction of sp³-hybridized carbons (Fsp3) is 0.0385. The summed E-state index contributed by atoms with van der Waals surface area (Å²) < 4.78 is 38.6. The molecule has 0 saturated carbocycles. The van der Waals surface area contributed by atoms with Gasteiger partial charge in [0.1, 0.15) is 5.82 Å². The van der Waals surface area contributed by atoms with Gasteiger partial charge in [-0.05, 0) is 48.5 Å². The zero-order valence-corrected chi connectivity index (χ0v) is 19.3. The molecule has 0 aliphatic carbocycles. The first-order valence-corrected chi connectivity index (χ1v) is 11.1. The molecule has 0 amide bonds. The number of benzene rings is 3. The van der Waals surface area contributed by atoms with Gasteiger partial charge in [0.2, 0.25) is 5.95 Å². The first kappa shape index (κ1) is 23.4. The maximum Gasteiger partial charge on any atom is 0.416 e. The highest BCUT2D eigenvalue weighted by molar-refractivity contribution is 6.30. The highest BCUT2D eigenvalue weighted by Crippen LogP contribution is 2.33. The minimum atomic E-state index is -4.40. The van der Waals surface area contributed by atoms with Gasteiger partial charge < -0.3 is 16.8 Å². The number of rotatable bonds is 4. The standard InChI is InChI=1S/C26H18ClF3N6/c27-17-7-3-15(4-8-17)23-13-24(36-25(32)35-23)33-18-9-10-21-19(11-18)20(31)12-22(34-21)14-1-5-16(6-2-14)26(28,29)30/h1-13H,(H2,31,34)(H3,32,33,35,36). The number of anilines is 4. The van der Waals surface area contributed by atoms with Gasteiger partial charge in [0.05, 0.1) is 22.5 Å². The molecule has 0 bridgehead atoms. The van der Waals surface area contributed by atoms with Crippen LogP contribution < -0.4 is 16.8 Å². The van der Waals surface area contributed by atoms with Crippen LogP contribution in [0.25, 0.3) is 33.4 Å². The predicted octanol–water partition coefficient (Wildman–Crippen LogP) is 6.94. The molecule has 36 heavy (non-hydrogen) atoms. The van der Waals surface area contributed by atoms with Crippen LogP contribution in [0.5, 0.6) is 0 Å². The highest BCUT2D eigenvalue weighted by Gasteiger charge is 2.30. The van der Waals surface area contributed by atoms with E-state index < -0.39 is 11.7 Å². The summed E-state index contributed by atoms with van der Waals surface area (Å²) in [6.07, 6.45) is -4.40. The average molecular weight is 507 g/mol. The number of nitrogens with one attached hydrogen (secondary N) is 1. The second-order valence-electron chi connectivity index (χ2n) is 8.03. The third-order valence-corrected chi connectivity index (χ3v) is 5.76. The molecule has 3 aromatic carbocycles. The Labute approximate surface area is 208 Å². The zero-order chi connectivity index (χ0) is 25.4. The molecule has 5 aromatic rings. The second-order valence-corrected chi connectivity index (χ2v) is 8.47. The van der Waals surface area contributed by atoms with Crippen molar-refractivity contribution in [3.63, 3.8) is 0 Å². The molecule has 2 heterocycles. The molecule has 0 spiro atoms. The second kappa shape index (κ2) is 9.01. The fourth-order valence-electron chi connectivity index (χ4n) is 3.75. The molecule has 0 aliphatic rings. The minimum absolute atomic E-state index is 0.105. The first-order chi connectivity index (χ1) is 17.2.